The number of halogens is 1. The van der Waals surface area contributed by atoms with Crippen LogP contribution >= 0.6 is 0 Å². The molecule has 0 saturated heterocycles. The van der Waals surface area contributed by atoms with Gasteiger partial charge in [0.15, 0.2) is 0 Å². The van der Waals surface area contributed by atoms with Crippen molar-refractivity contribution in [1.29, 1.82) is 0 Å². The van der Waals surface area contributed by atoms with Gasteiger partial charge in [-0.05, 0) is 42.3 Å². The number of hydrogen-bond donors (Lipinski definition) is 0. The van der Waals surface area contributed by atoms with Crippen LogP contribution in [0.15, 0.2) is 54.6 Å². The summed E-state index contributed by atoms with van der Waals surface area (Å²) in [6.45, 7) is 8.13. The lowest BCUT2D eigenvalue weighted by atomic mass is 10.1. The van der Waals surface area contributed by atoms with E-state index in [9.17, 15) is 9.18 Å². The highest BCUT2D eigenvalue weighted by molar-refractivity contribution is 5.94. The second-order valence-electron chi connectivity index (χ2n) is 6.65. The Morgan fingerprint density at radius 1 is 1.10 bits per heavy atom. The van der Waals surface area contributed by atoms with Crippen molar-refractivity contribution in [3.05, 3.63) is 82.8 Å². The molecule has 5 nitrogen and oxygen atoms in total. The highest BCUT2D eigenvalue weighted by atomic mass is 19.1. The van der Waals surface area contributed by atoms with Gasteiger partial charge in [-0.3, -0.25) is 9.48 Å². The number of carbonyl (C=O) groups excluding carboxylic acids is 1. The van der Waals surface area contributed by atoms with E-state index in [0.717, 1.165) is 11.3 Å². The largest absolute Gasteiger partial charge is 0.472 e. The molecular formula is C23H26FN3O2. The number of ether oxygens (including phenoxy) is 1. The molecule has 1 amide bonds. The normalized spacial score (nSPS) is 12.6. The van der Waals surface area contributed by atoms with Crippen molar-refractivity contribution >= 4 is 5.91 Å². The second kappa shape index (κ2) is 9.37. The molecule has 2 heterocycles. The third-order valence-corrected chi connectivity index (χ3v) is 4.79. The Bertz CT molecular complexity index is 967. The molecule has 3 aromatic rings. The van der Waals surface area contributed by atoms with E-state index < -0.39 is 0 Å². The smallest absolute Gasteiger partial charge is 0.254 e. The highest BCUT2D eigenvalue weighted by Gasteiger charge is 2.23. The lowest BCUT2D eigenvalue weighted by Gasteiger charge is -2.27. The Labute approximate surface area is 170 Å². The number of aryl methyl sites for hydroxylation is 1. The number of carbonyl (C=O) groups is 1. The van der Waals surface area contributed by atoms with Crippen molar-refractivity contribution in [2.45, 2.75) is 40.5 Å². The van der Waals surface area contributed by atoms with Gasteiger partial charge in [-0.2, -0.15) is 0 Å². The summed E-state index contributed by atoms with van der Waals surface area (Å²) >= 11 is 0. The number of fused-ring (bicyclic) bond motifs is 1. The van der Waals surface area contributed by atoms with E-state index in [0.29, 0.717) is 37.7 Å². The summed E-state index contributed by atoms with van der Waals surface area (Å²) in [5.74, 6) is 0.105. The lowest BCUT2D eigenvalue weighted by Crippen LogP contribution is -2.38. The van der Waals surface area contributed by atoms with Gasteiger partial charge in [0.25, 0.3) is 5.91 Å². The topological polar surface area (TPSA) is 47.4 Å². The van der Waals surface area contributed by atoms with Crippen molar-refractivity contribution in [3.63, 3.8) is 0 Å². The second-order valence-corrected chi connectivity index (χ2v) is 6.65. The average molecular weight is 395 g/mol. The molecule has 152 valence electrons. The quantitative estimate of drug-likeness (QED) is 0.649. The van der Waals surface area contributed by atoms with E-state index in [1.807, 2.05) is 42.8 Å². The van der Waals surface area contributed by atoms with Crippen LogP contribution in [0.1, 0.15) is 41.0 Å². The van der Waals surface area contributed by atoms with Gasteiger partial charge in [-0.1, -0.05) is 38.1 Å². The first-order chi connectivity index (χ1) is 14.1. The fourth-order valence-electron chi connectivity index (χ4n) is 3.18. The summed E-state index contributed by atoms with van der Waals surface area (Å²) in [7, 11) is 0. The number of benzene rings is 2. The maximum Gasteiger partial charge on any atom is 0.254 e. The van der Waals surface area contributed by atoms with E-state index in [-0.39, 0.29) is 11.7 Å². The molecule has 0 unspecified atom stereocenters. The number of rotatable bonds is 4. The highest BCUT2D eigenvalue weighted by Crippen LogP contribution is 2.21. The SMILES string of the molecule is CC.Cc1ccccc1COc1cc2n(n1)CCN(C(=O)c1ccc(F)cc1)C2. The minimum absolute atomic E-state index is 0.107. The Kier molecular flexibility index (Phi) is 6.65. The van der Waals surface area contributed by atoms with Gasteiger partial charge in [0, 0.05) is 18.2 Å². The standard InChI is InChI=1S/C21H20FN3O2.C2H6/c1-15-4-2-3-5-17(15)14-27-20-12-19-13-24(10-11-25(19)23-20)21(26)16-6-8-18(22)9-7-16;1-2/h2-9,12H,10-11,13-14H2,1H3;1-2H3. The molecule has 1 aliphatic rings. The van der Waals surface area contributed by atoms with Crippen LogP contribution in [0.3, 0.4) is 0 Å². The van der Waals surface area contributed by atoms with E-state index in [4.69, 9.17) is 4.74 Å². The first-order valence-corrected chi connectivity index (χ1v) is 9.89. The molecule has 0 N–H and O–H groups in total. The fourth-order valence-corrected chi connectivity index (χ4v) is 3.18. The number of aromatic nitrogens is 2. The molecule has 0 aliphatic carbocycles. The Hall–Kier alpha value is -3.15. The molecule has 1 aliphatic heterocycles. The van der Waals surface area contributed by atoms with Crippen molar-refractivity contribution in [3.8, 4) is 5.88 Å². The van der Waals surface area contributed by atoms with Crippen LogP contribution in [0.25, 0.3) is 0 Å². The monoisotopic (exact) mass is 395 g/mol. The number of hydrogen-bond acceptors (Lipinski definition) is 3. The predicted octanol–water partition coefficient (Wildman–Crippen LogP) is 4.59. The Morgan fingerprint density at radius 3 is 2.55 bits per heavy atom. The molecule has 0 fully saturated rings. The third kappa shape index (κ3) is 4.83. The van der Waals surface area contributed by atoms with Crippen molar-refractivity contribution < 1.29 is 13.9 Å². The molecular weight excluding hydrogens is 369 g/mol. The number of nitrogens with zero attached hydrogens (tertiary/aromatic N) is 3. The van der Waals surface area contributed by atoms with Crippen LogP contribution < -0.4 is 4.74 Å². The minimum atomic E-state index is -0.348. The summed E-state index contributed by atoms with van der Waals surface area (Å²) in [4.78, 5) is 14.4. The van der Waals surface area contributed by atoms with E-state index in [2.05, 4.69) is 18.1 Å². The molecule has 29 heavy (non-hydrogen) atoms. The summed E-state index contributed by atoms with van der Waals surface area (Å²) in [5.41, 5.74) is 3.71. The minimum Gasteiger partial charge on any atom is -0.472 e. The van der Waals surface area contributed by atoms with Gasteiger partial charge in [-0.15, -0.1) is 5.10 Å². The predicted molar refractivity (Wildman–Crippen MR) is 110 cm³/mol. The summed E-state index contributed by atoms with van der Waals surface area (Å²) in [6, 6.07) is 15.6. The van der Waals surface area contributed by atoms with Gasteiger partial charge >= 0.3 is 0 Å². The fraction of sp³-hybridized carbons (Fsp3) is 0.304. The van der Waals surface area contributed by atoms with Crippen LogP contribution in [0.2, 0.25) is 0 Å². The molecule has 4 rings (SSSR count). The molecule has 0 radical (unpaired) electrons. The van der Waals surface area contributed by atoms with Gasteiger partial charge < -0.3 is 9.64 Å². The van der Waals surface area contributed by atoms with Crippen LogP contribution in [-0.4, -0.2) is 27.1 Å². The van der Waals surface area contributed by atoms with Crippen LogP contribution in [0.4, 0.5) is 4.39 Å². The van der Waals surface area contributed by atoms with Crippen LogP contribution in [0, 0.1) is 12.7 Å². The Morgan fingerprint density at radius 2 is 1.83 bits per heavy atom. The molecule has 0 saturated carbocycles. The zero-order valence-electron chi connectivity index (χ0n) is 17.1. The van der Waals surface area contributed by atoms with Gasteiger partial charge in [0.1, 0.15) is 12.4 Å². The molecule has 2 aromatic carbocycles. The van der Waals surface area contributed by atoms with E-state index in [1.165, 1.54) is 29.8 Å². The molecule has 0 spiro atoms. The maximum absolute atomic E-state index is 13.1. The van der Waals surface area contributed by atoms with Crippen molar-refractivity contribution in [2.24, 2.45) is 0 Å². The van der Waals surface area contributed by atoms with E-state index in [1.54, 1.807) is 4.90 Å². The average Bonchev–Trinajstić information content (AvgIpc) is 3.17. The first-order valence-electron chi connectivity index (χ1n) is 9.89. The van der Waals surface area contributed by atoms with Crippen molar-refractivity contribution in [1.82, 2.24) is 14.7 Å². The number of amides is 1. The van der Waals surface area contributed by atoms with Crippen LogP contribution in [0.5, 0.6) is 5.88 Å². The van der Waals surface area contributed by atoms with Crippen molar-refractivity contribution in [2.75, 3.05) is 6.54 Å². The van der Waals surface area contributed by atoms with Gasteiger partial charge in [0.2, 0.25) is 5.88 Å². The maximum atomic E-state index is 13.1. The summed E-state index contributed by atoms with van der Waals surface area (Å²) in [5, 5.41) is 4.48. The molecule has 0 bridgehead atoms. The Balaban J connectivity index is 0.00000117. The van der Waals surface area contributed by atoms with Gasteiger partial charge in [-0.25, -0.2) is 4.39 Å². The molecule has 6 heteroatoms. The summed E-state index contributed by atoms with van der Waals surface area (Å²) in [6.07, 6.45) is 0. The molecule has 0 atom stereocenters. The van der Waals surface area contributed by atoms with Crippen LogP contribution in [-0.2, 0) is 19.7 Å². The zero-order valence-corrected chi connectivity index (χ0v) is 17.1. The van der Waals surface area contributed by atoms with Gasteiger partial charge in [0.05, 0.1) is 18.8 Å². The summed E-state index contributed by atoms with van der Waals surface area (Å²) < 4.78 is 20.8. The lowest BCUT2D eigenvalue weighted by molar-refractivity contribution is 0.0706. The molecule has 1 aromatic heterocycles. The first kappa shape index (κ1) is 20.6. The zero-order chi connectivity index (χ0) is 20.8. The third-order valence-electron chi connectivity index (χ3n) is 4.79. The van der Waals surface area contributed by atoms with E-state index >= 15 is 0 Å².